The van der Waals surface area contributed by atoms with Crippen molar-refractivity contribution in [2.45, 2.75) is 127 Å². The van der Waals surface area contributed by atoms with Gasteiger partial charge in [0.25, 0.3) is 0 Å². The van der Waals surface area contributed by atoms with E-state index in [2.05, 4.69) is 44.8 Å². The van der Waals surface area contributed by atoms with Gasteiger partial charge in [-0.1, -0.05) is 32.9 Å². The fraction of sp³-hybridized carbons (Fsp3) is 0.735. The summed E-state index contributed by atoms with van der Waals surface area (Å²) in [5.74, 6) is 0.217. The van der Waals surface area contributed by atoms with Gasteiger partial charge in [-0.3, -0.25) is 4.90 Å². The van der Waals surface area contributed by atoms with Crippen LogP contribution in [0, 0.1) is 5.82 Å². The molecule has 1 aromatic carbocycles. The number of carbonyl (C=O) groups is 1. The summed E-state index contributed by atoms with van der Waals surface area (Å²) in [6, 6.07) is 5.81. The number of piperidine rings is 1. The first-order valence-electron chi connectivity index (χ1n) is 16.1. The molecule has 3 saturated heterocycles. The van der Waals surface area contributed by atoms with E-state index < -0.39 is 13.9 Å². The van der Waals surface area contributed by atoms with Crippen molar-refractivity contribution in [3.05, 3.63) is 41.2 Å². The Kier molecular flexibility index (Phi) is 8.78. The van der Waals surface area contributed by atoms with Crippen LogP contribution >= 0.6 is 0 Å². The predicted octanol–water partition coefficient (Wildman–Crippen LogP) is 7.74. The van der Waals surface area contributed by atoms with Crippen molar-refractivity contribution in [3.8, 4) is 0 Å². The van der Waals surface area contributed by atoms with Crippen LogP contribution < -0.4 is 0 Å². The van der Waals surface area contributed by atoms with Gasteiger partial charge in [0.05, 0.1) is 19.7 Å². The molecule has 3 aliphatic heterocycles. The monoisotopic (exact) mass is 600 g/mol. The van der Waals surface area contributed by atoms with Crippen molar-refractivity contribution in [2.75, 3.05) is 32.8 Å². The molecule has 0 radical (unpaired) electrons. The molecule has 234 valence electrons. The third-order valence-corrected chi connectivity index (χ3v) is 14.8. The fourth-order valence-corrected chi connectivity index (χ4v) is 8.28. The van der Waals surface area contributed by atoms with Gasteiger partial charge in [0.1, 0.15) is 17.0 Å². The van der Waals surface area contributed by atoms with Crippen molar-refractivity contribution in [1.29, 1.82) is 0 Å². The molecular formula is C34H53FN2O4Si. The average molecular weight is 601 g/mol. The molecule has 1 aliphatic carbocycles. The molecule has 0 bridgehead atoms. The van der Waals surface area contributed by atoms with Gasteiger partial charge in [0.2, 0.25) is 0 Å². The number of rotatable bonds is 5. The molecule has 2 atom stereocenters. The smallest absolute Gasteiger partial charge is 0.410 e. The highest BCUT2D eigenvalue weighted by Gasteiger charge is 2.53. The summed E-state index contributed by atoms with van der Waals surface area (Å²) in [6.45, 7) is 21.1. The zero-order valence-electron chi connectivity index (χ0n) is 27.2. The number of halogens is 1. The highest BCUT2D eigenvalue weighted by molar-refractivity contribution is 6.74. The minimum Gasteiger partial charge on any atom is -0.444 e. The number of carbonyl (C=O) groups excluding carboxylic acids is 1. The van der Waals surface area contributed by atoms with E-state index in [4.69, 9.17) is 13.9 Å². The number of nitrogens with zero attached hydrogens (tertiary/aromatic N) is 2. The van der Waals surface area contributed by atoms with Crippen LogP contribution in [-0.2, 0) is 13.9 Å². The predicted molar refractivity (Wildman–Crippen MR) is 169 cm³/mol. The van der Waals surface area contributed by atoms with Crippen LogP contribution in [0.5, 0.6) is 0 Å². The van der Waals surface area contributed by atoms with E-state index in [0.717, 1.165) is 51.6 Å². The van der Waals surface area contributed by atoms with E-state index in [1.54, 1.807) is 17.0 Å². The molecule has 8 heteroatoms. The molecule has 6 nitrogen and oxygen atoms in total. The number of ether oxygens (including phenoxy) is 2. The molecule has 0 saturated carbocycles. The van der Waals surface area contributed by atoms with Crippen molar-refractivity contribution < 1.29 is 23.1 Å². The molecule has 1 spiro atoms. The Morgan fingerprint density at radius 2 is 1.76 bits per heavy atom. The second-order valence-electron chi connectivity index (χ2n) is 15.7. The van der Waals surface area contributed by atoms with Crippen molar-refractivity contribution in [1.82, 2.24) is 9.80 Å². The molecule has 5 rings (SSSR count). The van der Waals surface area contributed by atoms with Crippen molar-refractivity contribution >= 4 is 20.0 Å². The van der Waals surface area contributed by atoms with Gasteiger partial charge in [0, 0.05) is 12.1 Å². The normalized spacial score (nSPS) is 25.8. The molecule has 0 N–H and O–H groups in total. The molecule has 3 heterocycles. The lowest BCUT2D eigenvalue weighted by atomic mass is 9.81. The molecular weight excluding hydrogens is 547 g/mol. The SMILES string of the molecule is CC(C)(C)OC(=O)N1CC2(C[C@H](N3CCC(c4cc(F)ccc4C4=CCC(O[Si](C)(C)C(C)(C)C)CC4)CC3)CO2)C1. The molecule has 1 amide bonds. The summed E-state index contributed by atoms with van der Waals surface area (Å²) in [4.78, 5) is 16.7. The Morgan fingerprint density at radius 1 is 1.07 bits per heavy atom. The second kappa shape index (κ2) is 11.6. The van der Waals surface area contributed by atoms with Gasteiger partial charge in [-0.25, -0.2) is 9.18 Å². The Morgan fingerprint density at radius 3 is 2.36 bits per heavy atom. The minimum absolute atomic E-state index is 0.141. The molecule has 1 aromatic rings. The van der Waals surface area contributed by atoms with E-state index in [1.807, 2.05) is 26.8 Å². The third-order valence-electron chi connectivity index (χ3n) is 10.3. The van der Waals surface area contributed by atoms with Crippen LogP contribution in [0.2, 0.25) is 18.1 Å². The van der Waals surface area contributed by atoms with E-state index in [1.165, 1.54) is 16.7 Å². The molecule has 1 unspecified atom stereocenters. The first-order chi connectivity index (χ1) is 19.5. The maximum absolute atomic E-state index is 14.6. The fourth-order valence-electron chi connectivity index (χ4n) is 6.87. The highest BCUT2D eigenvalue weighted by Crippen LogP contribution is 2.43. The van der Waals surface area contributed by atoms with E-state index in [0.29, 0.717) is 31.7 Å². The van der Waals surface area contributed by atoms with Crippen LogP contribution in [0.3, 0.4) is 0 Å². The first kappa shape index (κ1) is 31.7. The summed E-state index contributed by atoms with van der Waals surface area (Å²) < 4.78 is 33.1. The number of allylic oxidation sites excluding steroid dienone is 1. The quantitative estimate of drug-likeness (QED) is 0.324. The summed E-state index contributed by atoms with van der Waals surface area (Å²) >= 11 is 0. The van der Waals surface area contributed by atoms with Crippen molar-refractivity contribution in [2.24, 2.45) is 0 Å². The van der Waals surface area contributed by atoms with Gasteiger partial charge in [0.15, 0.2) is 8.32 Å². The number of benzene rings is 1. The highest BCUT2D eigenvalue weighted by atomic mass is 28.4. The largest absolute Gasteiger partial charge is 0.444 e. The zero-order chi connectivity index (χ0) is 30.5. The topological polar surface area (TPSA) is 51.2 Å². The summed E-state index contributed by atoms with van der Waals surface area (Å²) in [5, 5.41) is 0.208. The van der Waals surface area contributed by atoms with Crippen LogP contribution in [0.25, 0.3) is 5.57 Å². The number of amides is 1. The average Bonchev–Trinajstić information content (AvgIpc) is 3.33. The Labute approximate surface area is 254 Å². The van der Waals surface area contributed by atoms with E-state index in [9.17, 15) is 9.18 Å². The maximum atomic E-state index is 14.6. The van der Waals surface area contributed by atoms with Gasteiger partial charge < -0.3 is 18.8 Å². The van der Waals surface area contributed by atoms with Crippen LogP contribution in [0.15, 0.2) is 24.3 Å². The van der Waals surface area contributed by atoms with Crippen LogP contribution in [0.4, 0.5) is 9.18 Å². The summed E-state index contributed by atoms with van der Waals surface area (Å²) in [5.41, 5.74) is 3.05. The lowest BCUT2D eigenvalue weighted by Crippen LogP contribution is -2.64. The Hall–Kier alpha value is -1.74. The molecule has 3 fully saturated rings. The Balaban J connectivity index is 1.16. The number of hydrogen-bond donors (Lipinski definition) is 0. The number of likely N-dealkylation sites (tertiary alicyclic amines) is 2. The van der Waals surface area contributed by atoms with Gasteiger partial charge in [-0.15, -0.1) is 0 Å². The summed E-state index contributed by atoms with van der Waals surface area (Å²) in [6.07, 6.45) is 8.34. The van der Waals surface area contributed by atoms with Crippen LogP contribution in [-0.4, -0.2) is 80.3 Å². The molecule has 4 aliphatic rings. The van der Waals surface area contributed by atoms with E-state index in [-0.39, 0.29) is 28.7 Å². The number of hydrogen-bond acceptors (Lipinski definition) is 5. The van der Waals surface area contributed by atoms with E-state index >= 15 is 0 Å². The first-order valence-corrected chi connectivity index (χ1v) is 19.0. The molecule has 0 aromatic heterocycles. The Bertz CT molecular complexity index is 1170. The second-order valence-corrected chi connectivity index (χ2v) is 20.5. The zero-order valence-corrected chi connectivity index (χ0v) is 28.2. The lowest BCUT2D eigenvalue weighted by Gasteiger charge is -2.47. The molecule has 42 heavy (non-hydrogen) atoms. The minimum atomic E-state index is -1.80. The summed E-state index contributed by atoms with van der Waals surface area (Å²) in [7, 11) is -1.80. The standard InChI is InChI=1S/C34H53FN2O4Si/c1-32(2,3)40-31(38)37-22-34(23-37)20-27(21-39-34)36-17-15-25(16-18-36)30-19-26(35)11-14-29(30)24-9-12-28(13-10-24)41-42(7,8)33(4,5)6/h9,11,14,19,25,27-28H,10,12-13,15-18,20-23H2,1-8H3/t27-,28?/m0/s1. The van der Waals surface area contributed by atoms with Crippen molar-refractivity contribution in [3.63, 3.8) is 0 Å². The van der Waals surface area contributed by atoms with Gasteiger partial charge in [-0.2, -0.15) is 0 Å². The van der Waals surface area contributed by atoms with Gasteiger partial charge >= 0.3 is 6.09 Å². The third kappa shape index (κ3) is 6.97. The van der Waals surface area contributed by atoms with Crippen LogP contribution in [0.1, 0.15) is 97.1 Å². The maximum Gasteiger partial charge on any atom is 0.410 e. The van der Waals surface area contributed by atoms with Gasteiger partial charge in [-0.05, 0) is 125 Å². The lowest BCUT2D eigenvalue weighted by molar-refractivity contribution is -0.109.